The summed E-state index contributed by atoms with van der Waals surface area (Å²) in [5.41, 5.74) is 5.66. The molecule has 0 amide bonds. The molecule has 0 heterocycles. The Bertz CT molecular complexity index is 550. The first-order chi connectivity index (χ1) is 9.85. The molecule has 0 fully saturated rings. The van der Waals surface area contributed by atoms with Gasteiger partial charge in [-0.25, -0.2) is 0 Å². The lowest BCUT2D eigenvalue weighted by atomic mass is 9.94. The summed E-state index contributed by atoms with van der Waals surface area (Å²) in [6.45, 7) is 4.50. The molecule has 0 saturated carbocycles. The van der Waals surface area contributed by atoms with Crippen LogP contribution in [0.1, 0.15) is 48.9 Å². The van der Waals surface area contributed by atoms with Crippen LogP contribution in [0.5, 0.6) is 0 Å². The summed E-state index contributed by atoms with van der Waals surface area (Å²) in [4.78, 5) is 0. The highest BCUT2D eigenvalue weighted by molar-refractivity contribution is 5.71. The fourth-order valence-corrected chi connectivity index (χ4v) is 2.55. The topological polar surface area (TPSA) is 0 Å². The van der Waals surface area contributed by atoms with Gasteiger partial charge in [0.1, 0.15) is 0 Å². The maximum absolute atomic E-state index is 2.27. The summed E-state index contributed by atoms with van der Waals surface area (Å²) in [6.07, 6.45) is 9.30. The molecule has 0 atom stereocenters. The molecule has 0 radical (unpaired) electrons. The average molecular weight is 264 g/mol. The third kappa shape index (κ3) is 3.84. The van der Waals surface area contributed by atoms with E-state index in [0.717, 1.165) is 6.42 Å². The van der Waals surface area contributed by atoms with Gasteiger partial charge in [0, 0.05) is 0 Å². The van der Waals surface area contributed by atoms with Crippen LogP contribution in [-0.4, -0.2) is 0 Å². The number of aryl methyl sites for hydroxylation is 1. The predicted octanol–water partition coefficient (Wildman–Crippen LogP) is 5.76. The van der Waals surface area contributed by atoms with Crippen molar-refractivity contribution >= 4 is 12.2 Å². The Kier molecular flexibility index (Phi) is 5.61. The number of rotatable bonds is 6. The molecule has 0 aliphatic carbocycles. The molecule has 2 aromatic carbocycles. The quantitative estimate of drug-likeness (QED) is 0.582. The maximum Gasteiger partial charge on any atom is -0.0222 e. The Morgan fingerprint density at radius 3 is 2.35 bits per heavy atom. The molecular formula is C20H24. The second-order valence-electron chi connectivity index (χ2n) is 5.19. The molecule has 2 rings (SSSR count). The third-order valence-corrected chi connectivity index (χ3v) is 3.73. The molecule has 0 spiro atoms. The molecule has 20 heavy (non-hydrogen) atoms. The number of unbranched alkanes of at least 4 members (excludes halogenated alkanes) is 1. The lowest BCUT2D eigenvalue weighted by molar-refractivity contribution is 0.786. The minimum atomic E-state index is 1.12. The van der Waals surface area contributed by atoms with Gasteiger partial charge >= 0.3 is 0 Å². The first-order valence-electron chi connectivity index (χ1n) is 7.69. The Hall–Kier alpha value is -1.82. The fourth-order valence-electron chi connectivity index (χ4n) is 2.55. The predicted molar refractivity (Wildman–Crippen MR) is 89.8 cm³/mol. The zero-order valence-corrected chi connectivity index (χ0v) is 12.6. The van der Waals surface area contributed by atoms with Crippen molar-refractivity contribution in [1.82, 2.24) is 0 Å². The molecule has 2 aromatic rings. The molecule has 0 aliphatic heterocycles. The van der Waals surface area contributed by atoms with Gasteiger partial charge in [0.2, 0.25) is 0 Å². The van der Waals surface area contributed by atoms with E-state index in [0.29, 0.717) is 0 Å². The van der Waals surface area contributed by atoms with Crippen LogP contribution >= 0.6 is 0 Å². The number of benzene rings is 2. The zero-order chi connectivity index (χ0) is 14.2. The van der Waals surface area contributed by atoms with Crippen LogP contribution < -0.4 is 0 Å². The van der Waals surface area contributed by atoms with Crippen LogP contribution in [0.4, 0.5) is 0 Å². The van der Waals surface area contributed by atoms with E-state index in [2.05, 4.69) is 74.5 Å². The Morgan fingerprint density at radius 2 is 1.65 bits per heavy atom. The number of hydrogen-bond donors (Lipinski definition) is 0. The highest BCUT2D eigenvalue weighted by Crippen LogP contribution is 2.20. The van der Waals surface area contributed by atoms with Gasteiger partial charge in [-0.05, 0) is 41.5 Å². The van der Waals surface area contributed by atoms with Gasteiger partial charge in [0.25, 0.3) is 0 Å². The van der Waals surface area contributed by atoms with Crippen LogP contribution in [0.15, 0.2) is 48.5 Å². The highest BCUT2D eigenvalue weighted by atomic mass is 14.1. The fraction of sp³-hybridized carbons (Fsp3) is 0.300. The van der Waals surface area contributed by atoms with Gasteiger partial charge in [-0.2, -0.15) is 0 Å². The summed E-state index contributed by atoms with van der Waals surface area (Å²) in [7, 11) is 0. The maximum atomic E-state index is 2.27. The standard InChI is InChI=1S/C20H24/c1-3-5-14-20-18(4-2)12-9-13-19(20)16-15-17-10-7-6-8-11-17/h6-13,15-16H,3-5,14H2,1-2H3. The van der Waals surface area contributed by atoms with Crippen molar-refractivity contribution in [2.75, 3.05) is 0 Å². The second-order valence-corrected chi connectivity index (χ2v) is 5.19. The number of hydrogen-bond acceptors (Lipinski definition) is 0. The molecule has 0 saturated heterocycles. The van der Waals surface area contributed by atoms with Crippen LogP contribution in [0.3, 0.4) is 0 Å². The normalized spacial score (nSPS) is 11.1. The monoisotopic (exact) mass is 264 g/mol. The van der Waals surface area contributed by atoms with Gasteiger partial charge in [0.15, 0.2) is 0 Å². The minimum Gasteiger partial charge on any atom is -0.0654 e. The summed E-state index contributed by atoms with van der Waals surface area (Å²) in [5.74, 6) is 0. The third-order valence-electron chi connectivity index (χ3n) is 3.73. The molecule has 0 aliphatic rings. The molecular weight excluding hydrogens is 240 g/mol. The van der Waals surface area contributed by atoms with Crippen LogP contribution in [0.25, 0.3) is 12.2 Å². The first kappa shape index (κ1) is 14.6. The van der Waals surface area contributed by atoms with E-state index in [1.165, 1.54) is 41.5 Å². The van der Waals surface area contributed by atoms with E-state index in [1.54, 1.807) is 0 Å². The lowest BCUT2D eigenvalue weighted by Gasteiger charge is -2.11. The average Bonchev–Trinajstić information content (AvgIpc) is 2.52. The molecule has 0 nitrogen and oxygen atoms in total. The summed E-state index contributed by atoms with van der Waals surface area (Å²) < 4.78 is 0. The lowest BCUT2D eigenvalue weighted by Crippen LogP contribution is -1.96. The Labute approximate surface area is 123 Å². The second kappa shape index (κ2) is 7.69. The van der Waals surface area contributed by atoms with E-state index in [1.807, 2.05) is 0 Å². The molecule has 0 unspecified atom stereocenters. The Balaban J connectivity index is 2.28. The SMILES string of the molecule is CCCCc1c(C=Cc2ccccc2)cccc1CC. The van der Waals surface area contributed by atoms with Crippen molar-refractivity contribution in [2.45, 2.75) is 39.5 Å². The molecule has 104 valence electrons. The van der Waals surface area contributed by atoms with Crippen LogP contribution in [-0.2, 0) is 12.8 Å². The zero-order valence-electron chi connectivity index (χ0n) is 12.6. The van der Waals surface area contributed by atoms with E-state index in [-0.39, 0.29) is 0 Å². The van der Waals surface area contributed by atoms with Crippen LogP contribution in [0.2, 0.25) is 0 Å². The van der Waals surface area contributed by atoms with E-state index >= 15 is 0 Å². The highest BCUT2D eigenvalue weighted by Gasteiger charge is 2.04. The van der Waals surface area contributed by atoms with Crippen molar-refractivity contribution in [3.05, 3.63) is 70.8 Å². The summed E-state index contributed by atoms with van der Waals surface area (Å²) in [5, 5.41) is 0. The van der Waals surface area contributed by atoms with Gasteiger partial charge in [0.05, 0.1) is 0 Å². The van der Waals surface area contributed by atoms with E-state index in [9.17, 15) is 0 Å². The first-order valence-corrected chi connectivity index (χ1v) is 7.69. The largest absolute Gasteiger partial charge is 0.0654 e. The van der Waals surface area contributed by atoms with Crippen molar-refractivity contribution in [3.8, 4) is 0 Å². The van der Waals surface area contributed by atoms with E-state index in [4.69, 9.17) is 0 Å². The molecule has 0 heteroatoms. The van der Waals surface area contributed by atoms with Crippen molar-refractivity contribution in [2.24, 2.45) is 0 Å². The smallest absolute Gasteiger partial charge is 0.0222 e. The van der Waals surface area contributed by atoms with Crippen LogP contribution in [0, 0.1) is 0 Å². The summed E-state index contributed by atoms with van der Waals surface area (Å²) in [6, 6.07) is 17.2. The molecule has 0 bridgehead atoms. The van der Waals surface area contributed by atoms with Gasteiger partial charge < -0.3 is 0 Å². The van der Waals surface area contributed by atoms with Gasteiger partial charge in [-0.15, -0.1) is 0 Å². The van der Waals surface area contributed by atoms with Crippen molar-refractivity contribution < 1.29 is 0 Å². The summed E-state index contributed by atoms with van der Waals surface area (Å²) >= 11 is 0. The van der Waals surface area contributed by atoms with Gasteiger partial charge in [-0.3, -0.25) is 0 Å². The van der Waals surface area contributed by atoms with Crippen molar-refractivity contribution in [3.63, 3.8) is 0 Å². The Morgan fingerprint density at radius 1 is 0.850 bits per heavy atom. The molecule has 0 aromatic heterocycles. The molecule has 0 N–H and O–H groups in total. The minimum absolute atomic E-state index is 1.12. The van der Waals surface area contributed by atoms with Gasteiger partial charge in [-0.1, -0.05) is 81.0 Å². The van der Waals surface area contributed by atoms with Crippen molar-refractivity contribution in [1.29, 1.82) is 0 Å². The van der Waals surface area contributed by atoms with E-state index < -0.39 is 0 Å².